The minimum absolute atomic E-state index is 0.00307. The maximum Gasteiger partial charge on any atom is 0.261 e. The van der Waals surface area contributed by atoms with Gasteiger partial charge in [0.2, 0.25) is 5.91 Å². The number of amides is 1. The van der Waals surface area contributed by atoms with E-state index in [0.717, 1.165) is 30.4 Å². The molecule has 1 saturated carbocycles. The van der Waals surface area contributed by atoms with Gasteiger partial charge in [0.05, 0.1) is 17.9 Å². The van der Waals surface area contributed by atoms with E-state index in [2.05, 4.69) is 10.0 Å². The fourth-order valence-corrected chi connectivity index (χ4v) is 3.90. The summed E-state index contributed by atoms with van der Waals surface area (Å²) in [7, 11) is -3.70. The lowest BCUT2D eigenvalue weighted by Gasteiger charge is -2.12. The minimum Gasteiger partial charge on any atom is -0.493 e. The maximum atomic E-state index is 12.7. The molecule has 6 nitrogen and oxygen atoms in total. The van der Waals surface area contributed by atoms with Crippen molar-refractivity contribution in [3.05, 3.63) is 53.6 Å². The summed E-state index contributed by atoms with van der Waals surface area (Å²) in [6, 6.07) is 12.0. The van der Waals surface area contributed by atoms with Gasteiger partial charge in [0.1, 0.15) is 5.75 Å². The molecule has 2 aromatic carbocycles. The van der Waals surface area contributed by atoms with E-state index in [4.69, 9.17) is 4.74 Å². The summed E-state index contributed by atoms with van der Waals surface area (Å²) >= 11 is 0. The van der Waals surface area contributed by atoms with Gasteiger partial charge in [-0.05, 0) is 67.6 Å². The number of carbonyl (C=O) groups excluding carboxylic acids is 1. The second-order valence-electron chi connectivity index (χ2n) is 7.10. The number of hydrogen-bond donors (Lipinski definition) is 2. The van der Waals surface area contributed by atoms with E-state index in [1.54, 1.807) is 36.4 Å². The summed E-state index contributed by atoms with van der Waals surface area (Å²) < 4.78 is 33.5. The third-order valence-corrected chi connectivity index (χ3v) is 5.81. The molecule has 7 heteroatoms. The Hall–Kier alpha value is -2.54. The Morgan fingerprint density at radius 3 is 2.46 bits per heavy atom. The van der Waals surface area contributed by atoms with E-state index < -0.39 is 10.0 Å². The lowest BCUT2D eigenvalue weighted by atomic mass is 10.1. The highest BCUT2D eigenvalue weighted by Gasteiger charge is 2.23. The van der Waals surface area contributed by atoms with Crippen LogP contribution in [-0.2, 0) is 21.2 Å². The van der Waals surface area contributed by atoms with Crippen molar-refractivity contribution < 1.29 is 17.9 Å². The zero-order chi connectivity index (χ0) is 20.1. The SMILES string of the molecule is CCCOc1ccc(S(=O)(=O)Nc2ccc(CC(=O)NC3CC3)cc2)cc1C. The van der Waals surface area contributed by atoms with Crippen molar-refractivity contribution in [3.8, 4) is 5.75 Å². The number of aryl methyl sites for hydroxylation is 1. The average molecular weight is 403 g/mol. The number of ether oxygens (including phenoxy) is 1. The molecule has 3 rings (SSSR count). The summed E-state index contributed by atoms with van der Waals surface area (Å²) in [5, 5.41) is 2.94. The largest absolute Gasteiger partial charge is 0.493 e. The molecule has 1 aliphatic rings. The van der Waals surface area contributed by atoms with Gasteiger partial charge < -0.3 is 10.1 Å². The molecule has 0 heterocycles. The number of hydrogen-bond acceptors (Lipinski definition) is 4. The van der Waals surface area contributed by atoms with Gasteiger partial charge in [0.15, 0.2) is 0 Å². The van der Waals surface area contributed by atoms with Crippen molar-refractivity contribution in [2.75, 3.05) is 11.3 Å². The Bertz CT molecular complexity index is 935. The van der Waals surface area contributed by atoms with Crippen molar-refractivity contribution in [3.63, 3.8) is 0 Å². The molecular formula is C21H26N2O4S. The standard InChI is InChI=1S/C21H26N2O4S/c1-3-12-27-20-11-10-19(13-15(20)2)28(25,26)23-18-6-4-16(5-7-18)14-21(24)22-17-8-9-17/h4-7,10-11,13,17,23H,3,8-9,12,14H2,1-2H3,(H,22,24). The average Bonchev–Trinajstić information content (AvgIpc) is 3.46. The van der Waals surface area contributed by atoms with E-state index >= 15 is 0 Å². The topological polar surface area (TPSA) is 84.5 Å². The predicted octanol–water partition coefficient (Wildman–Crippen LogP) is 3.41. The first kappa shape index (κ1) is 20.2. The van der Waals surface area contributed by atoms with Crippen LogP contribution in [0.1, 0.15) is 37.3 Å². The fourth-order valence-electron chi connectivity index (χ4n) is 2.76. The number of anilines is 1. The maximum absolute atomic E-state index is 12.7. The van der Waals surface area contributed by atoms with Crippen molar-refractivity contribution in [2.45, 2.75) is 50.5 Å². The van der Waals surface area contributed by atoms with Crippen LogP contribution >= 0.6 is 0 Å². The first-order chi connectivity index (χ1) is 13.4. The van der Waals surface area contributed by atoms with Gasteiger partial charge >= 0.3 is 0 Å². The Morgan fingerprint density at radius 2 is 1.86 bits per heavy atom. The van der Waals surface area contributed by atoms with Crippen LogP contribution in [0.3, 0.4) is 0 Å². The second kappa shape index (κ2) is 8.65. The Kier molecular flexibility index (Phi) is 6.24. The zero-order valence-electron chi connectivity index (χ0n) is 16.2. The van der Waals surface area contributed by atoms with Crippen LogP contribution in [0.15, 0.2) is 47.4 Å². The lowest BCUT2D eigenvalue weighted by Crippen LogP contribution is -2.26. The van der Waals surface area contributed by atoms with Gasteiger partial charge in [-0.2, -0.15) is 0 Å². The molecule has 0 atom stereocenters. The fraction of sp³-hybridized carbons (Fsp3) is 0.381. The molecule has 28 heavy (non-hydrogen) atoms. The molecule has 1 fully saturated rings. The molecule has 0 radical (unpaired) electrons. The van der Waals surface area contributed by atoms with Crippen LogP contribution in [0.4, 0.5) is 5.69 Å². The van der Waals surface area contributed by atoms with Crippen molar-refractivity contribution in [2.24, 2.45) is 0 Å². The molecule has 2 aromatic rings. The lowest BCUT2D eigenvalue weighted by molar-refractivity contribution is -0.120. The summed E-state index contributed by atoms with van der Waals surface area (Å²) in [6.07, 6.45) is 3.29. The number of sulfonamides is 1. The normalized spacial score (nSPS) is 13.8. The van der Waals surface area contributed by atoms with Crippen LogP contribution in [0.2, 0.25) is 0 Å². The number of benzene rings is 2. The summed E-state index contributed by atoms with van der Waals surface area (Å²) in [4.78, 5) is 12.0. The molecule has 0 aliphatic heterocycles. The summed E-state index contributed by atoms with van der Waals surface area (Å²) in [5.41, 5.74) is 2.07. The van der Waals surface area contributed by atoms with Gasteiger partial charge in [-0.25, -0.2) is 8.42 Å². The number of rotatable bonds is 9. The van der Waals surface area contributed by atoms with Gasteiger partial charge in [0, 0.05) is 11.7 Å². The quantitative estimate of drug-likeness (QED) is 0.673. The predicted molar refractivity (Wildman–Crippen MR) is 109 cm³/mol. The van der Waals surface area contributed by atoms with Crippen molar-refractivity contribution in [1.82, 2.24) is 5.32 Å². The summed E-state index contributed by atoms with van der Waals surface area (Å²) in [5.74, 6) is 0.686. The second-order valence-corrected chi connectivity index (χ2v) is 8.78. The molecule has 2 N–H and O–H groups in total. The summed E-state index contributed by atoms with van der Waals surface area (Å²) in [6.45, 7) is 4.44. The third-order valence-electron chi connectivity index (χ3n) is 4.43. The van der Waals surface area contributed by atoms with Crippen LogP contribution in [0.5, 0.6) is 5.75 Å². The zero-order valence-corrected chi connectivity index (χ0v) is 17.0. The van der Waals surface area contributed by atoms with Crippen LogP contribution in [0.25, 0.3) is 0 Å². The first-order valence-corrected chi connectivity index (χ1v) is 11.0. The molecular weight excluding hydrogens is 376 g/mol. The first-order valence-electron chi connectivity index (χ1n) is 9.52. The molecule has 0 unspecified atom stereocenters. The number of nitrogens with one attached hydrogen (secondary N) is 2. The van der Waals surface area contributed by atoms with Crippen LogP contribution in [-0.4, -0.2) is 27.0 Å². The molecule has 0 saturated heterocycles. The van der Waals surface area contributed by atoms with Gasteiger partial charge in [-0.15, -0.1) is 0 Å². The highest BCUT2D eigenvalue weighted by atomic mass is 32.2. The van der Waals surface area contributed by atoms with Crippen molar-refractivity contribution in [1.29, 1.82) is 0 Å². The number of carbonyl (C=O) groups is 1. The Balaban J connectivity index is 1.64. The highest BCUT2D eigenvalue weighted by Crippen LogP contribution is 2.24. The van der Waals surface area contributed by atoms with E-state index in [0.29, 0.717) is 30.5 Å². The van der Waals surface area contributed by atoms with Crippen LogP contribution < -0.4 is 14.8 Å². The highest BCUT2D eigenvalue weighted by molar-refractivity contribution is 7.92. The monoisotopic (exact) mass is 402 g/mol. The van der Waals surface area contributed by atoms with E-state index in [-0.39, 0.29) is 10.8 Å². The molecule has 150 valence electrons. The van der Waals surface area contributed by atoms with E-state index in [1.807, 2.05) is 13.8 Å². The van der Waals surface area contributed by atoms with Gasteiger partial charge in [-0.1, -0.05) is 19.1 Å². The van der Waals surface area contributed by atoms with Gasteiger partial charge in [0.25, 0.3) is 10.0 Å². The Labute approximate surface area is 166 Å². The molecule has 1 aliphatic carbocycles. The van der Waals surface area contributed by atoms with E-state index in [9.17, 15) is 13.2 Å². The van der Waals surface area contributed by atoms with Gasteiger partial charge in [-0.3, -0.25) is 9.52 Å². The minimum atomic E-state index is -3.70. The smallest absolute Gasteiger partial charge is 0.261 e. The molecule has 0 aromatic heterocycles. The van der Waals surface area contributed by atoms with Crippen LogP contribution in [0, 0.1) is 6.92 Å². The third kappa shape index (κ3) is 5.48. The molecule has 0 spiro atoms. The molecule has 0 bridgehead atoms. The van der Waals surface area contributed by atoms with Crippen molar-refractivity contribution >= 4 is 21.6 Å². The Morgan fingerprint density at radius 1 is 1.14 bits per heavy atom. The van der Waals surface area contributed by atoms with E-state index in [1.165, 1.54) is 6.07 Å². The molecule has 1 amide bonds.